The minimum absolute atomic E-state index is 0.149. The van der Waals surface area contributed by atoms with Crippen LogP contribution in [0.4, 0.5) is 0 Å². The van der Waals surface area contributed by atoms with E-state index in [1.165, 1.54) is 11.1 Å². The molecule has 2 rings (SSSR count). The first kappa shape index (κ1) is 20.7. The number of carbonyl (C=O) groups is 1. The molecule has 0 fully saturated rings. The molecule has 146 valence electrons. The summed E-state index contributed by atoms with van der Waals surface area (Å²) in [5.74, 6) is 0.149. The van der Waals surface area contributed by atoms with Crippen molar-refractivity contribution in [2.75, 3.05) is 26.2 Å². The molecule has 0 aromatic carbocycles. The zero-order valence-corrected chi connectivity index (χ0v) is 16.4. The predicted molar refractivity (Wildman–Crippen MR) is 107 cm³/mol. The Hall–Kier alpha value is -1.59. The van der Waals surface area contributed by atoms with Crippen LogP contribution < -0.4 is 16.0 Å². The minimum Gasteiger partial charge on any atom is -0.391 e. The summed E-state index contributed by atoms with van der Waals surface area (Å²) in [5, 5.41) is 9.62. The van der Waals surface area contributed by atoms with Crippen LogP contribution in [0.25, 0.3) is 0 Å². The van der Waals surface area contributed by atoms with E-state index in [-0.39, 0.29) is 12.0 Å². The van der Waals surface area contributed by atoms with Crippen LogP contribution in [0.5, 0.6) is 0 Å². The van der Waals surface area contributed by atoms with Crippen molar-refractivity contribution in [3.05, 3.63) is 35.6 Å². The topological polar surface area (TPSA) is 62.4 Å². The summed E-state index contributed by atoms with van der Waals surface area (Å²) in [6.07, 6.45) is 14.2. The molecule has 0 spiro atoms. The van der Waals surface area contributed by atoms with Crippen molar-refractivity contribution < 1.29 is 9.53 Å². The van der Waals surface area contributed by atoms with Gasteiger partial charge in [-0.05, 0) is 43.9 Å². The smallest absolute Gasteiger partial charge is 0.220 e. The highest BCUT2D eigenvalue weighted by Crippen LogP contribution is 2.20. The summed E-state index contributed by atoms with van der Waals surface area (Å²) >= 11 is 0. The second-order valence-corrected chi connectivity index (χ2v) is 7.42. The van der Waals surface area contributed by atoms with E-state index in [1.807, 2.05) is 6.20 Å². The summed E-state index contributed by atoms with van der Waals surface area (Å²) in [4.78, 5) is 12.0. The first-order valence-electron chi connectivity index (χ1n) is 10.0. The molecular weight excluding hydrogens is 326 g/mol. The molecule has 0 saturated carbocycles. The number of hydrogen-bond donors (Lipinski definition) is 3. The molecule has 5 nitrogen and oxygen atoms in total. The number of nitrogens with one attached hydrogen (secondary N) is 3. The van der Waals surface area contributed by atoms with Gasteiger partial charge < -0.3 is 20.7 Å². The van der Waals surface area contributed by atoms with Gasteiger partial charge in [0.1, 0.15) is 0 Å². The van der Waals surface area contributed by atoms with Crippen LogP contribution >= 0.6 is 0 Å². The lowest BCUT2D eigenvalue weighted by molar-refractivity contribution is -0.121. The largest absolute Gasteiger partial charge is 0.391 e. The molecule has 1 aliphatic heterocycles. The monoisotopic (exact) mass is 361 g/mol. The van der Waals surface area contributed by atoms with E-state index in [0.29, 0.717) is 19.0 Å². The number of ether oxygens (including phenoxy) is 1. The number of allylic oxidation sites excluding steroid dienone is 2. The van der Waals surface area contributed by atoms with Gasteiger partial charge in [0.05, 0.1) is 12.7 Å². The normalized spacial score (nSPS) is 19.7. The standard InChI is InChI=1S/C21H35N3O2/c1-17(2)23-12-13-26-20-9-3-6-18(14-20)7-4-10-21(25)24-16-19-8-5-11-22-15-19/h3,6,9,15,17,20,22-23H,4-5,7-8,10-14,16H2,1-2H3,(H,24,25). The van der Waals surface area contributed by atoms with Gasteiger partial charge in [0.25, 0.3) is 0 Å². The van der Waals surface area contributed by atoms with Crippen molar-refractivity contribution >= 4 is 5.91 Å². The predicted octanol–water partition coefficient (Wildman–Crippen LogP) is 2.81. The fourth-order valence-electron chi connectivity index (χ4n) is 3.19. The van der Waals surface area contributed by atoms with Crippen LogP contribution in [0, 0.1) is 0 Å². The van der Waals surface area contributed by atoms with E-state index >= 15 is 0 Å². The third-order valence-corrected chi connectivity index (χ3v) is 4.65. The van der Waals surface area contributed by atoms with E-state index in [4.69, 9.17) is 4.74 Å². The SMILES string of the molecule is CC(C)NCCOC1C=CC=C(CCCC(=O)NCC2=CNCCC2)C1. The van der Waals surface area contributed by atoms with Crippen molar-refractivity contribution in [2.24, 2.45) is 0 Å². The van der Waals surface area contributed by atoms with E-state index in [9.17, 15) is 4.79 Å². The Labute approximate surface area is 158 Å². The zero-order valence-electron chi connectivity index (χ0n) is 16.4. The maximum Gasteiger partial charge on any atom is 0.220 e. The number of rotatable bonds is 11. The lowest BCUT2D eigenvalue weighted by atomic mass is 9.97. The highest BCUT2D eigenvalue weighted by Gasteiger charge is 2.12. The first-order valence-corrected chi connectivity index (χ1v) is 10.0. The molecule has 1 aliphatic carbocycles. The Morgan fingerprint density at radius 1 is 1.38 bits per heavy atom. The van der Waals surface area contributed by atoms with Crippen LogP contribution in [-0.4, -0.2) is 44.3 Å². The van der Waals surface area contributed by atoms with Crippen LogP contribution in [-0.2, 0) is 9.53 Å². The molecule has 1 atom stereocenters. The second-order valence-electron chi connectivity index (χ2n) is 7.42. The molecule has 0 radical (unpaired) electrons. The molecule has 1 amide bonds. The number of hydrogen-bond acceptors (Lipinski definition) is 4. The van der Waals surface area contributed by atoms with Gasteiger partial charge in [-0.1, -0.05) is 37.6 Å². The van der Waals surface area contributed by atoms with Gasteiger partial charge in [-0.3, -0.25) is 4.79 Å². The fourth-order valence-corrected chi connectivity index (χ4v) is 3.19. The fraction of sp³-hybridized carbons (Fsp3) is 0.667. The Morgan fingerprint density at radius 3 is 3.04 bits per heavy atom. The van der Waals surface area contributed by atoms with Gasteiger partial charge in [0, 0.05) is 32.1 Å². The minimum atomic E-state index is 0.149. The molecule has 2 aliphatic rings. The Bertz CT molecular complexity index is 523. The third kappa shape index (κ3) is 8.68. The lowest BCUT2D eigenvalue weighted by Crippen LogP contribution is -2.28. The van der Waals surface area contributed by atoms with Gasteiger partial charge in [-0.2, -0.15) is 0 Å². The van der Waals surface area contributed by atoms with Gasteiger partial charge in [0.2, 0.25) is 5.91 Å². The number of amides is 1. The summed E-state index contributed by atoms with van der Waals surface area (Å²) in [6, 6.07) is 0.493. The van der Waals surface area contributed by atoms with E-state index in [2.05, 4.69) is 48.0 Å². The molecule has 0 aromatic heterocycles. The van der Waals surface area contributed by atoms with E-state index in [1.54, 1.807) is 0 Å². The van der Waals surface area contributed by atoms with Crippen LogP contribution in [0.1, 0.15) is 52.4 Å². The summed E-state index contributed by atoms with van der Waals surface area (Å²) in [5.41, 5.74) is 2.66. The maximum absolute atomic E-state index is 12.0. The second kappa shape index (κ2) is 11.9. The Kier molecular flexibility index (Phi) is 9.50. The zero-order chi connectivity index (χ0) is 18.6. The average molecular weight is 362 g/mol. The third-order valence-electron chi connectivity index (χ3n) is 4.65. The Morgan fingerprint density at radius 2 is 2.27 bits per heavy atom. The summed E-state index contributed by atoms with van der Waals surface area (Å²) < 4.78 is 5.92. The van der Waals surface area contributed by atoms with E-state index in [0.717, 1.165) is 51.8 Å². The van der Waals surface area contributed by atoms with Crippen LogP contribution in [0.15, 0.2) is 35.6 Å². The Balaban J connectivity index is 1.55. The highest BCUT2D eigenvalue weighted by atomic mass is 16.5. The molecule has 1 unspecified atom stereocenters. The molecular formula is C21H35N3O2. The average Bonchev–Trinajstić information content (AvgIpc) is 2.65. The van der Waals surface area contributed by atoms with Gasteiger partial charge in [-0.15, -0.1) is 0 Å². The lowest BCUT2D eigenvalue weighted by Gasteiger charge is -2.20. The van der Waals surface area contributed by atoms with Gasteiger partial charge in [0.15, 0.2) is 0 Å². The molecule has 5 heteroatoms. The van der Waals surface area contributed by atoms with Crippen LogP contribution in [0.3, 0.4) is 0 Å². The quantitative estimate of drug-likeness (QED) is 0.495. The first-order chi connectivity index (χ1) is 12.6. The van der Waals surface area contributed by atoms with Crippen molar-refractivity contribution in [1.82, 2.24) is 16.0 Å². The molecule has 1 heterocycles. The van der Waals surface area contributed by atoms with Crippen molar-refractivity contribution in [3.63, 3.8) is 0 Å². The highest BCUT2D eigenvalue weighted by molar-refractivity contribution is 5.76. The van der Waals surface area contributed by atoms with Crippen molar-refractivity contribution in [1.29, 1.82) is 0 Å². The van der Waals surface area contributed by atoms with Crippen LogP contribution in [0.2, 0.25) is 0 Å². The molecule has 0 bridgehead atoms. The molecule has 0 aromatic rings. The van der Waals surface area contributed by atoms with E-state index < -0.39 is 0 Å². The number of carbonyl (C=O) groups excluding carboxylic acids is 1. The van der Waals surface area contributed by atoms with Gasteiger partial charge >= 0.3 is 0 Å². The summed E-state index contributed by atoms with van der Waals surface area (Å²) in [6.45, 7) is 7.61. The molecule has 26 heavy (non-hydrogen) atoms. The van der Waals surface area contributed by atoms with Gasteiger partial charge in [-0.25, -0.2) is 0 Å². The maximum atomic E-state index is 12.0. The molecule has 0 saturated heterocycles. The van der Waals surface area contributed by atoms with Crippen molar-refractivity contribution in [3.8, 4) is 0 Å². The summed E-state index contributed by atoms with van der Waals surface area (Å²) in [7, 11) is 0. The van der Waals surface area contributed by atoms with Crippen molar-refractivity contribution in [2.45, 2.75) is 64.5 Å². The molecule has 3 N–H and O–H groups in total.